The predicted molar refractivity (Wildman–Crippen MR) is 74.4 cm³/mol. The number of non-ortho nitro benzene ring substituents is 1. The molecule has 0 heterocycles. The Labute approximate surface area is 122 Å². The molecular weight excluding hydrogens is 300 g/mol. The summed E-state index contributed by atoms with van der Waals surface area (Å²) >= 11 is 0. The Hall–Kier alpha value is -2.00. The summed E-state index contributed by atoms with van der Waals surface area (Å²) in [6.45, 7) is 4.29. The van der Waals surface area contributed by atoms with Crippen LogP contribution in [-0.4, -0.2) is 30.5 Å². The first-order valence-electron chi connectivity index (χ1n) is 6.06. The smallest absolute Gasteiger partial charge is 0.307 e. The molecule has 1 aromatic rings. The van der Waals surface area contributed by atoms with Gasteiger partial charge in [0.05, 0.1) is 15.7 Å². The SMILES string of the molecule is Cc1ccc([N+](=O)[O-])cc1S(=O)(=O)NC(C)C(C)C(=O)O. The van der Waals surface area contributed by atoms with Crippen molar-refractivity contribution < 1.29 is 23.2 Å². The summed E-state index contributed by atoms with van der Waals surface area (Å²) in [5.41, 5.74) is -0.0109. The summed E-state index contributed by atoms with van der Waals surface area (Å²) in [6, 6.07) is 2.64. The second-order valence-electron chi connectivity index (χ2n) is 4.74. The molecule has 2 unspecified atom stereocenters. The Balaban J connectivity index is 3.16. The number of carbonyl (C=O) groups is 1. The van der Waals surface area contributed by atoms with Gasteiger partial charge in [0, 0.05) is 18.2 Å². The zero-order chi connectivity index (χ0) is 16.4. The summed E-state index contributed by atoms with van der Waals surface area (Å²) < 4.78 is 26.7. The highest BCUT2D eigenvalue weighted by molar-refractivity contribution is 7.89. The molecule has 0 aliphatic rings. The third kappa shape index (κ3) is 3.99. The van der Waals surface area contributed by atoms with Crippen LogP contribution in [0.1, 0.15) is 19.4 Å². The lowest BCUT2D eigenvalue weighted by Crippen LogP contribution is -2.40. The first-order chi connectivity index (χ1) is 9.56. The van der Waals surface area contributed by atoms with Crippen LogP contribution in [0.2, 0.25) is 0 Å². The van der Waals surface area contributed by atoms with Crippen LogP contribution in [0.4, 0.5) is 5.69 Å². The van der Waals surface area contributed by atoms with E-state index in [-0.39, 0.29) is 10.6 Å². The number of aliphatic carboxylic acids is 1. The zero-order valence-electron chi connectivity index (χ0n) is 11.7. The van der Waals surface area contributed by atoms with Crippen molar-refractivity contribution in [3.8, 4) is 0 Å². The number of nitrogens with zero attached hydrogens (tertiary/aromatic N) is 1. The van der Waals surface area contributed by atoms with Crippen molar-refractivity contribution in [3.63, 3.8) is 0 Å². The number of benzene rings is 1. The highest BCUT2D eigenvalue weighted by Crippen LogP contribution is 2.22. The van der Waals surface area contributed by atoms with Gasteiger partial charge >= 0.3 is 5.97 Å². The number of carboxylic acids is 1. The summed E-state index contributed by atoms with van der Waals surface area (Å²) in [4.78, 5) is 20.6. The van der Waals surface area contributed by atoms with Crippen molar-refractivity contribution in [2.75, 3.05) is 0 Å². The average Bonchev–Trinajstić information content (AvgIpc) is 2.36. The van der Waals surface area contributed by atoms with Crippen LogP contribution in [0.3, 0.4) is 0 Å². The first kappa shape index (κ1) is 17.1. The monoisotopic (exact) mass is 316 g/mol. The van der Waals surface area contributed by atoms with Crippen LogP contribution in [0.15, 0.2) is 23.1 Å². The van der Waals surface area contributed by atoms with Crippen molar-refractivity contribution >= 4 is 21.7 Å². The maximum atomic E-state index is 12.2. The summed E-state index contributed by atoms with van der Waals surface area (Å²) in [7, 11) is -4.04. The van der Waals surface area contributed by atoms with Crippen LogP contribution >= 0.6 is 0 Å². The minimum Gasteiger partial charge on any atom is -0.481 e. The summed E-state index contributed by atoms with van der Waals surface area (Å²) in [5, 5.41) is 19.6. The summed E-state index contributed by atoms with van der Waals surface area (Å²) in [6.07, 6.45) is 0. The van der Waals surface area contributed by atoms with Crippen LogP contribution in [0, 0.1) is 23.0 Å². The molecule has 0 aromatic heterocycles. The van der Waals surface area contributed by atoms with Gasteiger partial charge in [-0.15, -0.1) is 0 Å². The largest absolute Gasteiger partial charge is 0.481 e. The van der Waals surface area contributed by atoms with Gasteiger partial charge in [0.15, 0.2) is 0 Å². The predicted octanol–water partition coefficient (Wildman–Crippen LogP) is 1.29. The van der Waals surface area contributed by atoms with E-state index in [1.165, 1.54) is 32.9 Å². The fourth-order valence-corrected chi connectivity index (χ4v) is 3.20. The molecule has 2 N–H and O–H groups in total. The number of nitrogens with one attached hydrogen (secondary N) is 1. The van der Waals surface area contributed by atoms with E-state index in [4.69, 9.17) is 5.11 Å². The molecule has 1 rings (SSSR count). The maximum absolute atomic E-state index is 12.2. The molecular formula is C12H16N2O6S. The van der Waals surface area contributed by atoms with E-state index in [0.29, 0.717) is 5.56 Å². The van der Waals surface area contributed by atoms with Gasteiger partial charge in [0.25, 0.3) is 5.69 Å². The zero-order valence-corrected chi connectivity index (χ0v) is 12.5. The molecule has 2 atom stereocenters. The van der Waals surface area contributed by atoms with Gasteiger partial charge in [-0.05, 0) is 19.4 Å². The van der Waals surface area contributed by atoms with E-state index in [9.17, 15) is 23.3 Å². The molecule has 8 nitrogen and oxygen atoms in total. The van der Waals surface area contributed by atoms with E-state index in [1.807, 2.05) is 0 Å². The number of hydrogen-bond acceptors (Lipinski definition) is 5. The lowest BCUT2D eigenvalue weighted by molar-refractivity contribution is -0.385. The van der Waals surface area contributed by atoms with E-state index in [2.05, 4.69) is 4.72 Å². The molecule has 0 saturated carbocycles. The van der Waals surface area contributed by atoms with Crippen LogP contribution in [0.5, 0.6) is 0 Å². The Kier molecular flexibility index (Phi) is 5.02. The first-order valence-corrected chi connectivity index (χ1v) is 7.54. The third-order valence-corrected chi connectivity index (χ3v) is 4.85. The molecule has 0 saturated heterocycles. The highest BCUT2D eigenvalue weighted by Gasteiger charge is 2.27. The molecule has 0 radical (unpaired) electrons. The number of nitro benzene ring substituents is 1. The quantitative estimate of drug-likeness (QED) is 0.601. The molecule has 0 fully saturated rings. The van der Waals surface area contributed by atoms with Gasteiger partial charge in [-0.2, -0.15) is 0 Å². The fraction of sp³-hybridized carbons (Fsp3) is 0.417. The van der Waals surface area contributed by atoms with E-state index < -0.39 is 32.9 Å². The van der Waals surface area contributed by atoms with Crippen LogP contribution in [0.25, 0.3) is 0 Å². The molecule has 1 aromatic carbocycles. The van der Waals surface area contributed by atoms with Crippen molar-refractivity contribution in [1.82, 2.24) is 4.72 Å². The van der Waals surface area contributed by atoms with Crippen LogP contribution < -0.4 is 4.72 Å². The molecule has 0 aliphatic carbocycles. The Morgan fingerprint density at radius 3 is 2.43 bits per heavy atom. The van der Waals surface area contributed by atoms with Gasteiger partial charge in [-0.25, -0.2) is 13.1 Å². The molecule has 0 spiro atoms. The Morgan fingerprint density at radius 2 is 1.95 bits per heavy atom. The molecule has 9 heteroatoms. The van der Waals surface area contributed by atoms with E-state index >= 15 is 0 Å². The van der Waals surface area contributed by atoms with Crippen molar-refractivity contribution in [3.05, 3.63) is 33.9 Å². The minimum atomic E-state index is -4.04. The normalized spacial score (nSPS) is 14.4. The number of aryl methyl sites for hydroxylation is 1. The maximum Gasteiger partial charge on any atom is 0.307 e. The van der Waals surface area contributed by atoms with E-state index in [0.717, 1.165) is 6.07 Å². The van der Waals surface area contributed by atoms with Crippen molar-refractivity contribution in [2.24, 2.45) is 5.92 Å². The number of carboxylic acid groups (broad SMARTS) is 1. The molecule has 0 amide bonds. The fourth-order valence-electron chi connectivity index (χ4n) is 1.62. The number of nitro groups is 1. The van der Waals surface area contributed by atoms with Gasteiger partial charge < -0.3 is 5.11 Å². The second kappa shape index (κ2) is 6.19. The highest BCUT2D eigenvalue weighted by atomic mass is 32.2. The van der Waals surface area contributed by atoms with Crippen molar-refractivity contribution in [2.45, 2.75) is 31.7 Å². The third-order valence-electron chi connectivity index (χ3n) is 3.15. The number of hydrogen-bond donors (Lipinski definition) is 2. The Morgan fingerprint density at radius 1 is 1.38 bits per heavy atom. The second-order valence-corrected chi connectivity index (χ2v) is 6.43. The van der Waals surface area contributed by atoms with Crippen molar-refractivity contribution in [1.29, 1.82) is 0 Å². The van der Waals surface area contributed by atoms with Crippen LogP contribution in [-0.2, 0) is 14.8 Å². The number of sulfonamides is 1. The van der Waals surface area contributed by atoms with Gasteiger partial charge in [-0.3, -0.25) is 14.9 Å². The van der Waals surface area contributed by atoms with Gasteiger partial charge in [0.2, 0.25) is 10.0 Å². The van der Waals surface area contributed by atoms with E-state index in [1.54, 1.807) is 0 Å². The minimum absolute atomic E-state index is 0.235. The lowest BCUT2D eigenvalue weighted by atomic mass is 10.1. The molecule has 0 aliphatic heterocycles. The van der Waals surface area contributed by atoms with Gasteiger partial charge in [0.1, 0.15) is 0 Å². The summed E-state index contributed by atoms with van der Waals surface area (Å²) in [5.74, 6) is -2.07. The standard InChI is InChI=1S/C12H16N2O6S/c1-7-4-5-10(14(17)18)6-11(7)21(19,20)13-9(3)8(2)12(15)16/h4-6,8-9,13H,1-3H3,(H,15,16). The Bertz CT molecular complexity index is 670. The molecule has 116 valence electrons. The molecule has 0 bridgehead atoms. The molecule has 21 heavy (non-hydrogen) atoms. The lowest BCUT2D eigenvalue weighted by Gasteiger charge is -2.18. The average molecular weight is 316 g/mol. The topological polar surface area (TPSA) is 127 Å². The van der Waals surface area contributed by atoms with Gasteiger partial charge in [-0.1, -0.05) is 13.0 Å². The number of rotatable bonds is 6.